The third-order valence-corrected chi connectivity index (χ3v) is 2.92. The third-order valence-electron chi connectivity index (χ3n) is 2.92. The molecule has 0 aliphatic heterocycles. The second-order valence-electron chi connectivity index (χ2n) is 5.25. The standard InChI is InChI=1S/C16H27N3O.HI/c1-13(2)12-20-10-9-18-16(17-4)19-11-15-8-6-5-7-14(15)3;/h5-8,13H,9-12H2,1-4H3,(H2,17,18,19);1H. The Bertz CT molecular complexity index is 422. The number of benzene rings is 1. The molecule has 0 saturated carbocycles. The molecular formula is C16H28IN3O. The number of ether oxygens (including phenoxy) is 1. The van der Waals surface area contributed by atoms with Crippen molar-refractivity contribution in [2.75, 3.05) is 26.8 Å². The van der Waals surface area contributed by atoms with Gasteiger partial charge < -0.3 is 15.4 Å². The van der Waals surface area contributed by atoms with Crippen LogP contribution in [0.25, 0.3) is 0 Å². The van der Waals surface area contributed by atoms with Crippen LogP contribution in [0.5, 0.6) is 0 Å². The molecule has 2 N–H and O–H groups in total. The first kappa shape index (κ1) is 20.2. The highest BCUT2D eigenvalue weighted by atomic mass is 127. The molecule has 0 bridgehead atoms. The highest BCUT2D eigenvalue weighted by Gasteiger charge is 2.00. The van der Waals surface area contributed by atoms with E-state index < -0.39 is 0 Å². The Kier molecular flexibility index (Phi) is 11.3. The molecule has 0 aliphatic carbocycles. The van der Waals surface area contributed by atoms with Crippen LogP contribution in [0.1, 0.15) is 25.0 Å². The minimum atomic E-state index is 0. The molecule has 0 radical (unpaired) electrons. The van der Waals surface area contributed by atoms with E-state index in [0.29, 0.717) is 12.5 Å². The van der Waals surface area contributed by atoms with E-state index in [1.165, 1.54) is 11.1 Å². The van der Waals surface area contributed by atoms with E-state index in [4.69, 9.17) is 4.74 Å². The van der Waals surface area contributed by atoms with Gasteiger partial charge in [0.1, 0.15) is 0 Å². The zero-order valence-electron chi connectivity index (χ0n) is 13.5. The molecule has 0 amide bonds. The van der Waals surface area contributed by atoms with Crippen LogP contribution in [0.3, 0.4) is 0 Å². The monoisotopic (exact) mass is 405 g/mol. The Balaban J connectivity index is 0.00000400. The second kappa shape index (κ2) is 11.8. The lowest BCUT2D eigenvalue weighted by molar-refractivity contribution is 0.114. The Morgan fingerprint density at radius 1 is 1.24 bits per heavy atom. The van der Waals surface area contributed by atoms with Gasteiger partial charge >= 0.3 is 0 Å². The summed E-state index contributed by atoms with van der Waals surface area (Å²) in [5.41, 5.74) is 2.57. The number of nitrogens with zero attached hydrogens (tertiary/aromatic N) is 1. The summed E-state index contributed by atoms with van der Waals surface area (Å²) < 4.78 is 5.53. The van der Waals surface area contributed by atoms with Crippen molar-refractivity contribution < 1.29 is 4.74 Å². The molecule has 1 rings (SSSR count). The number of aryl methyl sites for hydroxylation is 1. The fourth-order valence-electron chi connectivity index (χ4n) is 1.77. The average molecular weight is 405 g/mol. The summed E-state index contributed by atoms with van der Waals surface area (Å²) in [4.78, 5) is 4.20. The van der Waals surface area contributed by atoms with Crippen LogP contribution in [-0.2, 0) is 11.3 Å². The van der Waals surface area contributed by atoms with E-state index in [0.717, 1.165) is 25.7 Å². The Labute approximate surface area is 145 Å². The summed E-state index contributed by atoms with van der Waals surface area (Å²) >= 11 is 0. The third kappa shape index (κ3) is 8.93. The summed E-state index contributed by atoms with van der Waals surface area (Å²) in [5, 5.41) is 6.56. The smallest absolute Gasteiger partial charge is 0.191 e. The van der Waals surface area contributed by atoms with Crippen LogP contribution in [0, 0.1) is 12.8 Å². The van der Waals surface area contributed by atoms with E-state index in [9.17, 15) is 0 Å². The van der Waals surface area contributed by atoms with Crippen LogP contribution >= 0.6 is 24.0 Å². The molecule has 1 aromatic carbocycles. The zero-order valence-corrected chi connectivity index (χ0v) is 15.8. The highest BCUT2D eigenvalue weighted by Crippen LogP contribution is 2.05. The summed E-state index contributed by atoms with van der Waals surface area (Å²) in [7, 11) is 1.78. The van der Waals surface area contributed by atoms with Gasteiger partial charge in [0.15, 0.2) is 5.96 Å². The summed E-state index contributed by atoms with van der Waals surface area (Å²) in [6, 6.07) is 8.35. The SMILES string of the molecule is CN=C(NCCOCC(C)C)NCc1ccccc1C.I. The predicted octanol–water partition coefficient (Wildman–Crippen LogP) is 2.95. The van der Waals surface area contributed by atoms with Gasteiger partial charge in [-0.25, -0.2) is 0 Å². The maximum absolute atomic E-state index is 5.53. The maximum atomic E-state index is 5.53. The number of halogens is 1. The maximum Gasteiger partial charge on any atom is 0.191 e. The van der Waals surface area contributed by atoms with Crippen LogP contribution in [0.15, 0.2) is 29.3 Å². The minimum absolute atomic E-state index is 0. The first-order valence-electron chi connectivity index (χ1n) is 7.20. The van der Waals surface area contributed by atoms with Crippen molar-refractivity contribution in [2.45, 2.75) is 27.3 Å². The van der Waals surface area contributed by atoms with E-state index in [1.807, 2.05) is 0 Å². The number of nitrogens with one attached hydrogen (secondary N) is 2. The van der Waals surface area contributed by atoms with Crippen molar-refractivity contribution in [3.8, 4) is 0 Å². The van der Waals surface area contributed by atoms with Crippen molar-refractivity contribution in [1.82, 2.24) is 10.6 Å². The van der Waals surface area contributed by atoms with Crippen LogP contribution in [0.4, 0.5) is 0 Å². The summed E-state index contributed by atoms with van der Waals surface area (Å²) in [6.45, 7) is 9.46. The summed E-state index contributed by atoms with van der Waals surface area (Å²) in [6.07, 6.45) is 0. The molecule has 120 valence electrons. The van der Waals surface area contributed by atoms with Gasteiger partial charge in [-0.2, -0.15) is 0 Å². The van der Waals surface area contributed by atoms with Gasteiger partial charge in [0.05, 0.1) is 6.61 Å². The molecule has 21 heavy (non-hydrogen) atoms. The minimum Gasteiger partial charge on any atom is -0.379 e. The van der Waals surface area contributed by atoms with Gasteiger partial charge in [-0.15, -0.1) is 24.0 Å². The lowest BCUT2D eigenvalue weighted by Gasteiger charge is -2.13. The normalized spacial score (nSPS) is 11.2. The summed E-state index contributed by atoms with van der Waals surface area (Å²) in [5.74, 6) is 1.38. The Morgan fingerprint density at radius 3 is 2.57 bits per heavy atom. The zero-order chi connectivity index (χ0) is 14.8. The Morgan fingerprint density at radius 2 is 1.95 bits per heavy atom. The number of rotatable bonds is 7. The number of hydrogen-bond donors (Lipinski definition) is 2. The Hall–Kier alpha value is -0.820. The van der Waals surface area contributed by atoms with E-state index in [2.05, 4.69) is 60.7 Å². The van der Waals surface area contributed by atoms with Gasteiger partial charge in [-0.3, -0.25) is 4.99 Å². The van der Waals surface area contributed by atoms with Crippen LogP contribution in [-0.4, -0.2) is 32.8 Å². The molecule has 0 atom stereocenters. The number of guanidine groups is 1. The first-order chi connectivity index (χ1) is 9.63. The molecule has 5 heteroatoms. The quantitative estimate of drug-likeness (QED) is 0.317. The van der Waals surface area contributed by atoms with Crippen molar-refractivity contribution in [2.24, 2.45) is 10.9 Å². The van der Waals surface area contributed by atoms with Crippen molar-refractivity contribution in [3.05, 3.63) is 35.4 Å². The lowest BCUT2D eigenvalue weighted by atomic mass is 10.1. The van der Waals surface area contributed by atoms with Crippen LogP contribution in [0.2, 0.25) is 0 Å². The van der Waals surface area contributed by atoms with Gasteiger partial charge in [0.25, 0.3) is 0 Å². The fourth-order valence-corrected chi connectivity index (χ4v) is 1.77. The molecule has 0 spiro atoms. The molecular weight excluding hydrogens is 377 g/mol. The molecule has 0 saturated heterocycles. The topological polar surface area (TPSA) is 45.7 Å². The van der Waals surface area contributed by atoms with E-state index in [-0.39, 0.29) is 24.0 Å². The van der Waals surface area contributed by atoms with E-state index >= 15 is 0 Å². The molecule has 0 aromatic heterocycles. The van der Waals surface area contributed by atoms with Crippen LogP contribution < -0.4 is 10.6 Å². The van der Waals surface area contributed by atoms with Crippen molar-refractivity contribution in [3.63, 3.8) is 0 Å². The molecule has 0 aliphatic rings. The number of aliphatic imine (C=N–C) groups is 1. The van der Waals surface area contributed by atoms with Gasteiger partial charge in [0, 0.05) is 26.7 Å². The van der Waals surface area contributed by atoms with E-state index in [1.54, 1.807) is 7.05 Å². The van der Waals surface area contributed by atoms with Crippen molar-refractivity contribution >= 4 is 29.9 Å². The van der Waals surface area contributed by atoms with Gasteiger partial charge in [-0.05, 0) is 24.0 Å². The molecule has 0 unspecified atom stereocenters. The van der Waals surface area contributed by atoms with Crippen molar-refractivity contribution in [1.29, 1.82) is 0 Å². The lowest BCUT2D eigenvalue weighted by Crippen LogP contribution is -2.38. The highest BCUT2D eigenvalue weighted by molar-refractivity contribution is 14.0. The fraction of sp³-hybridized carbons (Fsp3) is 0.562. The average Bonchev–Trinajstić information content (AvgIpc) is 2.43. The second-order valence-corrected chi connectivity index (χ2v) is 5.25. The first-order valence-corrected chi connectivity index (χ1v) is 7.20. The molecule has 4 nitrogen and oxygen atoms in total. The molecule has 0 fully saturated rings. The number of hydrogen-bond acceptors (Lipinski definition) is 2. The molecule has 0 heterocycles. The van der Waals surface area contributed by atoms with Gasteiger partial charge in [0.2, 0.25) is 0 Å². The predicted molar refractivity (Wildman–Crippen MR) is 100 cm³/mol. The largest absolute Gasteiger partial charge is 0.379 e. The molecule has 1 aromatic rings. The van der Waals surface area contributed by atoms with Gasteiger partial charge in [-0.1, -0.05) is 38.1 Å².